The Bertz CT molecular complexity index is 415. The van der Waals surface area contributed by atoms with Crippen LogP contribution in [0.2, 0.25) is 0 Å². The molecule has 1 rings (SSSR count). The van der Waals surface area contributed by atoms with E-state index >= 15 is 0 Å². The molecule has 0 saturated carbocycles. The first-order valence-corrected chi connectivity index (χ1v) is 6.31. The fourth-order valence-corrected chi connectivity index (χ4v) is 2.11. The Morgan fingerprint density at radius 1 is 1.44 bits per heavy atom. The first kappa shape index (κ1) is 14.3. The Kier molecular flexibility index (Phi) is 4.95. The van der Waals surface area contributed by atoms with Gasteiger partial charge in [-0.25, -0.2) is 4.98 Å². The van der Waals surface area contributed by atoms with E-state index in [1.165, 1.54) is 6.20 Å². The van der Waals surface area contributed by atoms with E-state index in [0.717, 1.165) is 12.8 Å². The van der Waals surface area contributed by atoms with Crippen LogP contribution in [0.1, 0.15) is 44.0 Å². The molecule has 1 unspecified atom stereocenters. The van der Waals surface area contributed by atoms with E-state index in [-0.39, 0.29) is 6.04 Å². The van der Waals surface area contributed by atoms with E-state index in [4.69, 9.17) is 11.5 Å². The van der Waals surface area contributed by atoms with Crippen LogP contribution >= 0.6 is 0 Å². The van der Waals surface area contributed by atoms with Crippen molar-refractivity contribution in [2.45, 2.75) is 39.7 Å². The number of rotatable bonds is 6. The van der Waals surface area contributed by atoms with Gasteiger partial charge in [-0.15, -0.1) is 0 Å². The second kappa shape index (κ2) is 6.23. The molecule has 0 aliphatic rings. The molecule has 0 aliphatic heterocycles. The molecule has 5 N–H and O–H groups in total. The molecule has 5 nitrogen and oxygen atoms in total. The van der Waals surface area contributed by atoms with Gasteiger partial charge in [-0.3, -0.25) is 4.79 Å². The highest BCUT2D eigenvalue weighted by Gasteiger charge is 2.17. The van der Waals surface area contributed by atoms with Crippen molar-refractivity contribution in [3.63, 3.8) is 0 Å². The molecule has 0 saturated heterocycles. The summed E-state index contributed by atoms with van der Waals surface area (Å²) in [5, 5.41) is 3.25. The van der Waals surface area contributed by atoms with Crippen LogP contribution in [-0.2, 0) is 0 Å². The number of hydrogen-bond acceptors (Lipinski definition) is 4. The molecule has 0 bridgehead atoms. The lowest BCUT2D eigenvalue weighted by Gasteiger charge is -2.23. The van der Waals surface area contributed by atoms with Gasteiger partial charge >= 0.3 is 0 Å². The molecule has 1 heterocycles. The number of nitrogen functional groups attached to an aromatic ring is 1. The van der Waals surface area contributed by atoms with Gasteiger partial charge < -0.3 is 16.8 Å². The Morgan fingerprint density at radius 3 is 2.56 bits per heavy atom. The van der Waals surface area contributed by atoms with E-state index < -0.39 is 5.91 Å². The molecule has 1 atom stereocenters. The molecule has 0 aromatic carbocycles. The minimum atomic E-state index is -0.519. The molecule has 1 aromatic rings. The zero-order valence-corrected chi connectivity index (χ0v) is 11.2. The molecule has 1 aromatic heterocycles. The first-order valence-electron chi connectivity index (χ1n) is 6.31. The Balaban J connectivity index is 2.93. The highest BCUT2D eigenvalue weighted by molar-refractivity contribution is 5.98. The van der Waals surface area contributed by atoms with Crippen LogP contribution in [0.15, 0.2) is 12.3 Å². The van der Waals surface area contributed by atoms with Crippen LogP contribution in [0.4, 0.5) is 11.5 Å². The van der Waals surface area contributed by atoms with Crippen LogP contribution in [-0.4, -0.2) is 16.9 Å². The fraction of sp³-hybridized carbons (Fsp3) is 0.538. The second-order valence-corrected chi connectivity index (χ2v) is 4.54. The Labute approximate surface area is 108 Å². The molecular formula is C13H22N4O. The van der Waals surface area contributed by atoms with Crippen LogP contribution in [0.25, 0.3) is 0 Å². The number of amides is 1. The lowest BCUT2D eigenvalue weighted by Crippen LogP contribution is -2.27. The zero-order chi connectivity index (χ0) is 13.7. The van der Waals surface area contributed by atoms with Gasteiger partial charge in [0.15, 0.2) is 0 Å². The summed E-state index contributed by atoms with van der Waals surface area (Å²) < 4.78 is 0. The number of hydrogen-bond donors (Lipinski definition) is 3. The van der Waals surface area contributed by atoms with E-state index in [2.05, 4.69) is 31.1 Å². The predicted molar refractivity (Wildman–Crippen MR) is 74.3 cm³/mol. The van der Waals surface area contributed by atoms with Gasteiger partial charge in [-0.2, -0.15) is 0 Å². The number of pyridine rings is 1. The SMILES string of the molecule is CCC(CC)C(C)Nc1ncc(N)cc1C(N)=O. The summed E-state index contributed by atoms with van der Waals surface area (Å²) in [5.41, 5.74) is 11.7. The zero-order valence-electron chi connectivity index (χ0n) is 11.2. The van der Waals surface area contributed by atoms with Crippen molar-refractivity contribution in [3.8, 4) is 0 Å². The number of nitrogens with two attached hydrogens (primary N) is 2. The Morgan fingerprint density at radius 2 is 2.06 bits per heavy atom. The second-order valence-electron chi connectivity index (χ2n) is 4.54. The van der Waals surface area contributed by atoms with Crippen molar-refractivity contribution >= 4 is 17.4 Å². The lowest BCUT2D eigenvalue weighted by molar-refractivity contribution is 0.100. The number of nitrogens with zero attached hydrogens (tertiary/aromatic N) is 1. The van der Waals surface area contributed by atoms with Gasteiger partial charge in [-0.1, -0.05) is 26.7 Å². The summed E-state index contributed by atoms with van der Waals surface area (Å²) >= 11 is 0. The van der Waals surface area contributed by atoms with Crippen LogP contribution < -0.4 is 16.8 Å². The molecule has 0 spiro atoms. The first-order chi connectivity index (χ1) is 8.49. The average molecular weight is 250 g/mol. The van der Waals surface area contributed by atoms with Crippen molar-refractivity contribution in [2.75, 3.05) is 11.1 Å². The minimum Gasteiger partial charge on any atom is -0.397 e. The molecule has 0 fully saturated rings. The summed E-state index contributed by atoms with van der Waals surface area (Å²) in [6.45, 7) is 6.38. The van der Waals surface area contributed by atoms with Crippen molar-refractivity contribution in [1.29, 1.82) is 0 Å². The minimum absolute atomic E-state index is 0.231. The van der Waals surface area contributed by atoms with Gasteiger partial charge in [0.05, 0.1) is 17.4 Å². The summed E-state index contributed by atoms with van der Waals surface area (Å²) in [6, 6.07) is 1.78. The van der Waals surface area contributed by atoms with E-state index in [9.17, 15) is 4.79 Å². The summed E-state index contributed by atoms with van der Waals surface area (Å²) in [4.78, 5) is 15.5. The number of primary amides is 1. The maximum absolute atomic E-state index is 11.4. The molecule has 18 heavy (non-hydrogen) atoms. The summed E-state index contributed by atoms with van der Waals surface area (Å²) in [7, 11) is 0. The van der Waals surface area contributed by atoms with Crippen LogP contribution in [0, 0.1) is 5.92 Å². The third-order valence-electron chi connectivity index (χ3n) is 3.29. The van der Waals surface area contributed by atoms with Gasteiger partial charge in [-0.05, 0) is 18.9 Å². The number of anilines is 2. The summed E-state index contributed by atoms with van der Waals surface area (Å²) in [5.74, 6) is 0.523. The lowest BCUT2D eigenvalue weighted by atomic mass is 9.95. The molecular weight excluding hydrogens is 228 g/mol. The van der Waals surface area contributed by atoms with Crippen molar-refractivity contribution in [1.82, 2.24) is 4.98 Å². The molecule has 0 radical (unpaired) electrons. The normalized spacial score (nSPS) is 12.4. The number of carbonyl (C=O) groups excluding carboxylic acids is 1. The van der Waals surface area contributed by atoms with Gasteiger partial charge in [0, 0.05) is 6.04 Å². The van der Waals surface area contributed by atoms with E-state index in [0.29, 0.717) is 23.0 Å². The maximum Gasteiger partial charge on any atom is 0.252 e. The molecule has 100 valence electrons. The number of aromatic nitrogens is 1. The van der Waals surface area contributed by atoms with Gasteiger partial charge in [0.25, 0.3) is 5.91 Å². The third kappa shape index (κ3) is 3.35. The Hall–Kier alpha value is -1.78. The number of carbonyl (C=O) groups is 1. The highest BCUT2D eigenvalue weighted by Crippen LogP contribution is 2.20. The van der Waals surface area contributed by atoms with Crippen LogP contribution in [0.5, 0.6) is 0 Å². The van der Waals surface area contributed by atoms with Crippen molar-refractivity contribution < 1.29 is 4.79 Å². The monoisotopic (exact) mass is 250 g/mol. The molecule has 5 heteroatoms. The maximum atomic E-state index is 11.4. The van der Waals surface area contributed by atoms with Gasteiger partial charge in [0.2, 0.25) is 0 Å². The van der Waals surface area contributed by atoms with E-state index in [1.807, 2.05) is 0 Å². The number of nitrogens with one attached hydrogen (secondary N) is 1. The topological polar surface area (TPSA) is 94.0 Å². The van der Waals surface area contributed by atoms with Crippen molar-refractivity contribution in [2.24, 2.45) is 11.7 Å². The fourth-order valence-electron chi connectivity index (χ4n) is 2.11. The molecule has 0 aliphatic carbocycles. The molecule has 1 amide bonds. The highest BCUT2D eigenvalue weighted by atomic mass is 16.1. The smallest absolute Gasteiger partial charge is 0.252 e. The van der Waals surface area contributed by atoms with Crippen molar-refractivity contribution in [3.05, 3.63) is 17.8 Å². The standard InChI is InChI=1S/C13H22N4O/c1-4-9(5-2)8(3)17-13-11(12(15)18)6-10(14)7-16-13/h6-9H,4-5,14H2,1-3H3,(H2,15,18)(H,16,17). The third-order valence-corrected chi connectivity index (χ3v) is 3.29. The van der Waals surface area contributed by atoms with E-state index in [1.54, 1.807) is 6.07 Å². The van der Waals surface area contributed by atoms with Crippen LogP contribution in [0.3, 0.4) is 0 Å². The quantitative estimate of drug-likeness (QED) is 0.719. The van der Waals surface area contributed by atoms with Gasteiger partial charge in [0.1, 0.15) is 5.82 Å². The largest absolute Gasteiger partial charge is 0.397 e. The summed E-state index contributed by atoms with van der Waals surface area (Å²) in [6.07, 6.45) is 3.67. The predicted octanol–water partition coefficient (Wildman–Crippen LogP) is 2.00. The average Bonchev–Trinajstić information content (AvgIpc) is 2.32.